The highest BCUT2D eigenvalue weighted by Crippen LogP contribution is 2.67. The van der Waals surface area contributed by atoms with Crippen LogP contribution in [0.25, 0.3) is 0 Å². The third kappa shape index (κ3) is 2.85. The van der Waals surface area contributed by atoms with E-state index in [0.717, 1.165) is 25.7 Å². The smallest absolute Gasteiger partial charge is 0.338 e. The van der Waals surface area contributed by atoms with Crippen molar-refractivity contribution in [3.63, 3.8) is 0 Å². The fourth-order valence-corrected chi connectivity index (χ4v) is 9.76. The van der Waals surface area contributed by atoms with Crippen molar-refractivity contribution in [2.75, 3.05) is 20.0 Å². The lowest BCUT2D eigenvalue weighted by atomic mass is 9.42. The second-order valence-electron chi connectivity index (χ2n) is 10.7. The molecule has 1 aliphatic heterocycles. The van der Waals surface area contributed by atoms with Crippen LogP contribution in [-0.4, -0.2) is 34.4 Å². The van der Waals surface area contributed by atoms with Gasteiger partial charge in [-0.15, -0.1) is 0 Å². The van der Waals surface area contributed by atoms with Crippen molar-refractivity contribution in [2.45, 2.75) is 70.1 Å². The molecule has 0 N–H and O–H groups in total. The zero-order valence-electron chi connectivity index (χ0n) is 19.0. The second-order valence-corrected chi connectivity index (χ2v) is 12.7. The molecule has 4 atom stereocenters. The zero-order valence-corrected chi connectivity index (χ0v) is 19.8. The lowest BCUT2D eigenvalue weighted by Gasteiger charge is -2.64. The highest BCUT2D eigenvalue weighted by Gasteiger charge is 2.62. The predicted octanol–water partition coefficient (Wildman–Crippen LogP) is 4.77. The predicted molar refractivity (Wildman–Crippen MR) is 116 cm³/mol. The zero-order chi connectivity index (χ0) is 22.1. The Morgan fingerprint density at radius 3 is 2.37 bits per heavy atom. The highest BCUT2D eigenvalue weighted by atomic mass is 32.2. The van der Waals surface area contributed by atoms with Crippen LogP contribution in [0.3, 0.4) is 0 Å². The van der Waals surface area contributed by atoms with Gasteiger partial charge in [0.2, 0.25) is 0 Å². The van der Waals surface area contributed by atoms with E-state index in [1.807, 2.05) is 0 Å². The van der Waals surface area contributed by atoms with Gasteiger partial charge in [-0.05, 0) is 71.5 Å². The molecule has 1 heterocycles. The molecule has 3 aliphatic rings. The minimum Gasteiger partial charge on any atom is -0.497 e. The van der Waals surface area contributed by atoms with Crippen LogP contribution in [0, 0.1) is 22.7 Å². The lowest BCUT2D eigenvalue weighted by Crippen LogP contribution is -2.60. The minimum atomic E-state index is -3.56. The number of esters is 1. The standard InChI is InChI=1S/C24H34O5S/c1-22(2)9-7-10-23(3)18(22)8-11-24(4)19(23)14-30(26,27)17-13-15(28-5)12-16(20(17)24)21(25)29-6/h12-13,18-19H,7-11,14H2,1-6H3. The Kier molecular flexibility index (Phi) is 4.85. The number of carbonyl (C=O) groups excluding carboxylic acids is 1. The molecule has 0 aromatic heterocycles. The number of carbonyl (C=O) groups is 1. The molecule has 0 bridgehead atoms. The second kappa shape index (κ2) is 6.72. The van der Waals surface area contributed by atoms with Gasteiger partial charge in [-0.3, -0.25) is 0 Å². The monoisotopic (exact) mass is 434 g/mol. The van der Waals surface area contributed by atoms with Crippen molar-refractivity contribution in [1.82, 2.24) is 0 Å². The van der Waals surface area contributed by atoms with Gasteiger partial charge in [0.25, 0.3) is 0 Å². The Balaban J connectivity index is 1.99. The number of rotatable bonds is 2. The van der Waals surface area contributed by atoms with Crippen molar-refractivity contribution in [2.24, 2.45) is 22.7 Å². The fraction of sp³-hybridized carbons (Fsp3) is 0.708. The van der Waals surface area contributed by atoms with Crippen molar-refractivity contribution < 1.29 is 22.7 Å². The Bertz CT molecular complexity index is 995. The van der Waals surface area contributed by atoms with Crippen LogP contribution >= 0.6 is 0 Å². The van der Waals surface area contributed by atoms with Crippen LogP contribution in [0.4, 0.5) is 0 Å². The van der Waals surface area contributed by atoms with E-state index in [0.29, 0.717) is 22.8 Å². The molecule has 2 aliphatic carbocycles. The highest BCUT2D eigenvalue weighted by molar-refractivity contribution is 7.91. The fourth-order valence-electron chi connectivity index (χ4n) is 7.45. The van der Waals surface area contributed by atoms with Gasteiger partial charge < -0.3 is 9.47 Å². The van der Waals surface area contributed by atoms with E-state index in [1.54, 1.807) is 12.1 Å². The van der Waals surface area contributed by atoms with E-state index in [1.165, 1.54) is 20.6 Å². The molecule has 0 amide bonds. The van der Waals surface area contributed by atoms with E-state index in [9.17, 15) is 13.2 Å². The maximum atomic E-state index is 13.6. The SMILES string of the molecule is COC(=O)c1cc(OC)cc2c1C1(C)CCC3C(C)(C)CCCC3(C)C1CS2(=O)=O. The normalized spacial score (nSPS) is 36.1. The van der Waals surface area contributed by atoms with Gasteiger partial charge in [0.05, 0.1) is 30.4 Å². The molecule has 1 aromatic carbocycles. The van der Waals surface area contributed by atoms with Gasteiger partial charge in [0.1, 0.15) is 5.75 Å². The van der Waals surface area contributed by atoms with Gasteiger partial charge in [-0.1, -0.05) is 34.1 Å². The van der Waals surface area contributed by atoms with E-state index < -0.39 is 21.2 Å². The van der Waals surface area contributed by atoms with Crippen molar-refractivity contribution in [3.8, 4) is 5.75 Å². The summed E-state index contributed by atoms with van der Waals surface area (Å²) in [7, 11) is -0.735. The molecule has 166 valence electrons. The molecule has 0 radical (unpaired) electrons. The first-order valence-corrected chi connectivity index (χ1v) is 12.6. The topological polar surface area (TPSA) is 69.7 Å². The molecule has 2 saturated carbocycles. The Labute approximate surface area is 180 Å². The van der Waals surface area contributed by atoms with Crippen molar-refractivity contribution in [1.29, 1.82) is 0 Å². The maximum Gasteiger partial charge on any atom is 0.338 e. The Hall–Kier alpha value is -1.56. The third-order valence-electron chi connectivity index (χ3n) is 8.80. The molecule has 2 fully saturated rings. The van der Waals surface area contributed by atoms with E-state index in [-0.39, 0.29) is 27.4 Å². The van der Waals surface area contributed by atoms with Gasteiger partial charge in [0.15, 0.2) is 9.84 Å². The summed E-state index contributed by atoms with van der Waals surface area (Å²) in [6, 6.07) is 3.24. The molecule has 0 saturated heterocycles. The maximum absolute atomic E-state index is 13.6. The quantitative estimate of drug-likeness (QED) is 0.627. The summed E-state index contributed by atoms with van der Waals surface area (Å²) >= 11 is 0. The van der Waals surface area contributed by atoms with Crippen LogP contribution in [-0.2, 0) is 20.0 Å². The van der Waals surface area contributed by atoms with Gasteiger partial charge in [0, 0.05) is 0 Å². The van der Waals surface area contributed by atoms with Crippen molar-refractivity contribution in [3.05, 3.63) is 23.3 Å². The molecule has 1 aromatic rings. The van der Waals surface area contributed by atoms with Crippen LogP contribution in [0.5, 0.6) is 5.75 Å². The van der Waals surface area contributed by atoms with Gasteiger partial charge in [-0.25, -0.2) is 13.2 Å². The number of methoxy groups -OCH3 is 2. The number of sulfone groups is 1. The van der Waals surface area contributed by atoms with Crippen LogP contribution in [0.1, 0.15) is 75.7 Å². The summed E-state index contributed by atoms with van der Waals surface area (Å²) in [5.74, 6) is 0.454. The van der Waals surface area contributed by atoms with Crippen molar-refractivity contribution >= 4 is 15.8 Å². The first-order valence-electron chi connectivity index (χ1n) is 10.9. The molecule has 0 spiro atoms. The summed E-state index contributed by atoms with van der Waals surface area (Å²) < 4.78 is 37.6. The molecule has 4 unspecified atom stereocenters. The summed E-state index contributed by atoms with van der Waals surface area (Å²) in [6.07, 6.45) is 5.26. The Morgan fingerprint density at radius 1 is 1.03 bits per heavy atom. The van der Waals surface area contributed by atoms with E-state index in [2.05, 4.69) is 27.7 Å². The first-order chi connectivity index (χ1) is 13.9. The largest absolute Gasteiger partial charge is 0.497 e. The molecule has 4 rings (SSSR count). The molecular formula is C24H34O5S. The molecule has 5 nitrogen and oxygen atoms in total. The third-order valence-corrected chi connectivity index (χ3v) is 10.6. The molecular weight excluding hydrogens is 400 g/mol. The Morgan fingerprint density at radius 2 is 1.73 bits per heavy atom. The number of fused-ring (bicyclic) bond motifs is 5. The van der Waals surface area contributed by atoms with Crippen LogP contribution in [0.2, 0.25) is 0 Å². The number of hydrogen-bond donors (Lipinski definition) is 0. The average Bonchev–Trinajstić information content (AvgIpc) is 2.68. The molecule has 30 heavy (non-hydrogen) atoms. The summed E-state index contributed by atoms with van der Waals surface area (Å²) in [4.78, 5) is 13.0. The van der Waals surface area contributed by atoms with E-state index >= 15 is 0 Å². The van der Waals surface area contributed by atoms with Crippen LogP contribution < -0.4 is 4.74 Å². The summed E-state index contributed by atoms with van der Waals surface area (Å²) in [5, 5.41) is 0. The number of ether oxygens (including phenoxy) is 2. The summed E-state index contributed by atoms with van der Waals surface area (Å²) in [5.41, 5.74) is 0.708. The average molecular weight is 435 g/mol. The van der Waals surface area contributed by atoms with Crippen LogP contribution in [0.15, 0.2) is 17.0 Å². The number of benzene rings is 1. The first kappa shape index (κ1) is 21.7. The molecule has 6 heteroatoms. The minimum absolute atomic E-state index is 0.0300. The summed E-state index contributed by atoms with van der Waals surface area (Å²) in [6.45, 7) is 9.16. The van der Waals surface area contributed by atoms with Gasteiger partial charge in [-0.2, -0.15) is 0 Å². The number of hydrogen-bond acceptors (Lipinski definition) is 5. The lowest BCUT2D eigenvalue weighted by molar-refractivity contribution is -0.0983. The van der Waals surface area contributed by atoms with Gasteiger partial charge >= 0.3 is 5.97 Å². The van der Waals surface area contributed by atoms with E-state index in [4.69, 9.17) is 9.47 Å².